The summed E-state index contributed by atoms with van der Waals surface area (Å²) in [6.45, 7) is 0. The normalized spacial score (nSPS) is 14.2. The Kier molecular flexibility index (Phi) is 4.66. The van der Waals surface area contributed by atoms with Gasteiger partial charge >= 0.3 is 0 Å². The van der Waals surface area contributed by atoms with Gasteiger partial charge in [-0.15, -0.1) is 0 Å². The van der Waals surface area contributed by atoms with Crippen LogP contribution in [0.5, 0.6) is 5.75 Å². The number of halogens is 1. The third kappa shape index (κ3) is 2.88. The van der Waals surface area contributed by atoms with Gasteiger partial charge in [-0.25, -0.2) is 4.39 Å². The Morgan fingerprint density at radius 1 is 0.722 bits per heavy atom. The highest BCUT2D eigenvalue weighted by atomic mass is 28.3. The van der Waals surface area contributed by atoms with Crippen LogP contribution in [0.2, 0.25) is 0 Å². The minimum atomic E-state index is -1.98. The molecular formula is C32H24FNOSi. The molecule has 36 heavy (non-hydrogen) atoms. The molecule has 0 saturated heterocycles. The summed E-state index contributed by atoms with van der Waals surface area (Å²) in [5.74, 6) is 0.636. The van der Waals surface area contributed by atoms with Crippen LogP contribution in [0, 0.1) is 5.82 Å². The van der Waals surface area contributed by atoms with Gasteiger partial charge in [0, 0.05) is 28.9 Å². The lowest BCUT2D eigenvalue weighted by Gasteiger charge is -2.21. The molecule has 0 fully saturated rings. The third-order valence-corrected chi connectivity index (χ3v) is 10.9. The number of hydrogen-bond acceptors (Lipinski definition) is 1. The predicted octanol–water partition coefficient (Wildman–Crippen LogP) is 5.38. The van der Waals surface area contributed by atoms with Gasteiger partial charge in [0.15, 0.2) is 0 Å². The standard InChI is InChI=1S/C32H24FNOSi/c1-34-25-14-9-15-27-31(25)30-24(19-26(35-2)29(32(30)34)20-10-5-3-6-11-20)23-17-16-21(33)18-28(23)36(27)22-12-7-4-8-13-22/h3-19,36H,1-2H3/t36-/m1/s1. The average molecular weight is 486 g/mol. The zero-order chi connectivity index (χ0) is 24.4. The van der Waals surface area contributed by atoms with E-state index in [1.165, 1.54) is 26.7 Å². The molecular weight excluding hydrogens is 461 g/mol. The van der Waals surface area contributed by atoms with Gasteiger partial charge in [0.2, 0.25) is 0 Å². The first-order valence-corrected chi connectivity index (χ1v) is 13.9. The van der Waals surface area contributed by atoms with Crippen molar-refractivity contribution in [1.29, 1.82) is 0 Å². The summed E-state index contributed by atoms with van der Waals surface area (Å²) in [6.07, 6.45) is 0. The third-order valence-electron chi connectivity index (χ3n) is 7.63. The Bertz CT molecular complexity index is 1790. The molecule has 174 valence electrons. The molecule has 7 rings (SSSR count). The van der Waals surface area contributed by atoms with Gasteiger partial charge in [0.05, 0.1) is 12.6 Å². The SMILES string of the molecule is COc1cc2c3c4c(cccc4n(C)c3c1-c1ccccc1)[Si@@H](c1ccccc1)c1cc(F)ccc1-2. The number of hydrogen-bond donors (Lipinski definition) is 0. The van der Waals surface area contributed by atoms with Gasteiger partial charge < -0.3 is 9.30 Å². The highest BCUT2D eigenvalue weighted by Crippen LogP contribution is 2.46. The summed E-state index contributed by atoms with van der Waals surface area (Å²) in [5.41, 5.74) is 6.76. The molecule has 0 bridgehead atoms. The van der Waals surface area contributed by atoms with Crippen LogP contribution in [0.3, 0.4) is 0 Å². The van der Waals surface area contributed by atoms with Crippen LogP contribution in [0.15, 0.2) is 103 Å². The van der Waals surface area contributed by atoms with Gasteiger partial charge in [-0.2, -0.15) is 0 Å². The summed E-state index contributed by atoms with van der Waals surface area (Å²) in [7, 11) is 1.90. The van der Waals surface area contributed by atoms with Crippen LogP contribution < -0.4 is 20.3 Å². The van der Waals surface area contributed by atoms with E-state index in [1.807, 2.05) is 18.2 Å². The van der Waals surface area contributed by atoms with Crippen LogP contribution in [0.1, 0.15) is 0 Å². The fourth-order valence-corrected chi connectivity index (χ4v) is 9.58. The number of rotatable bonds is 3. The molecule has 1 aliphatic rings. The fourth-order valence-electron chi connectivity index (χ4n) is 6.15. The van der Waals surface area contributed by atoms with Crippen molar-refractivity contribution in [2.75, 3.05) is 7.11 Å². The molecule has 0 spiro atoms. The van der Waals surface area contributed by atoms with E-state index in [0.29, 0.717) is 0 Å². The average Bonchev–Trinajstić information content (AvgIpc) is 3.15. The summed E-state index contributed by atoms with van der Waals surface area (Å²) in [5, 5.41) is 6.24. The monoisotopic (exact) mass is 485 g/mol. The van der Waals surface area contributed by atoms with E-state index in [2.05, 4.69) is 84.4 Å². The Morgan fingerprint density at radius 3 is 2.22 bits per heavy atom. The van der Waals surface area contributed by atoms with Gasteiger partial charge in [0.1, 0.15) is 20.4 Å². The van der Waals surface area contributed by atoms with Gasteiger partial charge in [0.25, 0.3) is 0 Å². The molecule has 1 atom stereocenters. The maximum absolute atomic E-state index is 14.8. The van der Waals surface area contributed by atoms with E-state index < -0.39 is 8.80 Å². The van der Waals surface area contributed by atoms with E-state index >= 15 is 0 Å². The molecule has 4 heteroatoms. The van der Waals surface area contributed by atoms with E-state index in [4.69, 9.17) is 4.74 Å². The molecule has 5 aromatic carbocycles. The van der Waals surface area contributed by atoms with Crippen molar-refractivity contribution in [3.8, 4) is 28.0 Å². The van der Waals surface area contributed by atoms with Crippen molar-refractivity contribution >= 4 is 46.2 Å². The number of methoxy groups -OCH3 is 1. The first-order chi connectivity index (χ1) is 17.7. The molecule has 0 amide bonds. The minimum absolute atomic E-state index is 0.189. The molecule has 0 radical (unpaired) electrons. The molecule has 2 nitrogen and oxygen atoms in total. The Hall–Kier alpha value is -4.15. The van der Waals surface area contributed by atoms with Crippen molar-refractivity contribution in [2.24, 2.45) is 7.05 Å². The maximum atomic E-state index is 14.8. The molecule has 0 N–H and O–H groups in total. The van der Waals surface area contributed by atoms with E-state index in [0.717, 1.165) is 38.7 Å². The number of nitrogens with zero attached hydrogens (tertiary/aromatic N) is 1. The topological polar surface area (TPSA) is 14.2 Å². The zero-order valence-corrected chi connectivity index (χ0v) is 21.3. The van der Waals surface area contributed by atoms with Crippen LogP contribution >= 0.6 is 0 Å². The first-order valence-electron chi connectivity index (χ1n) is 12.2. The van der Waals surface area contributed by atoms with Crippen molar-refractivity contribution < 1.29 is 9.13 Å². The molecule has 0 aliphatic carbocycles. The number of aromatic nitrogens is 1. The fraction of sp³-hybridized carbons (Fsp3) is 0.0625. The van der Waals surface area contributed by atoms with Crippen molar-refractivity contribution in [3.05, 3.63) is 109 Å². The quantitative estimate of drug-likeness (QED) is 0.307. The molecule has 1 aliphatic heterocycles. The number of aryl methyl sites for hydroxylation is 1. The number of fused-ring (bicyclic) bond motifs is 2. The second-order valence-corrected chi connectivity index (χ2v) is 12.2. The highest BCUT2D eigenvalue weighted by Gasteiger charge is 2.32. The molecule has 0 saturated carbocycles. The van der Waals surface area contributed by atoms with E-state index in [9.17, 15) is 4.39 Å². The smallest absolute Gasteiger partial charge is 0.134 e. The Labute approximate surface area is 210 Å². The molecule has 6 aromatic rings. The van der Waals surface area contributed by atoms with E-state index in [1.54, 1.807) is 19.2 Å². The number of benzene rings is 5. The summed E-state index contributed by atoms with van der Waals surface area (Å²) in [6, 6.07) is 35.2. The van der Waals surface area contributed by atoms with Crippen LogP contribution in [-0.4, -0.2) is 20.5 Å². The Balaban J connectivity index is 1.74. The lowest BCUT2D eigenvalue weighted by atomic mass is 9.93. The number of ether oxygens (including phenoxy) is 1. The van der Waals surface area contributed by atoms with Gasteiger partial charge in [-0.3, -0.25) is 0 Å². The van der Waals surface area contributed by atoms with Crippen molar-refractivity contribution in [3.63, 3.8) is 0 Å². The Morgan fingerprint density at radius 2 is 1.47 bits per heavy atom. The van der Waals surface area contributed by atoms with E-state index in [-0.39, 0.29) is 5.82 Å². The van der Waals surface area contributed by atoms with Crippen LogP contribution in [-0.2, 0) is 7.05 Å². The summed E-state index contributed by atoms with van der Waals surface area (Å²) in [4.78, 5) is 0. The van der Waals surface area contributed by atoms with Crippen molar-refractivity contribution in [1.82, 2.24) is 4.57 Å². The molecule has 2 heterocycles. The molecule has 0 unspecified atom stereocenters. The predicted molar refractivity (Wildman–Crippen MR) is 150 cm³/mol. The second-order valence-electron chi connectivity index (χ2n) is 9.47. The highest BCUT2D eigenvalue weighted by molar-refractivity contribution is 6.98. The van der Waals surface area contributed by atoms with Crippen LogP contribution in [0.25, 0.3) is 44.1 Å². The minimum Gasteiger partial charge on any atom is -0.496 e. The summed E-state index contributed by atoms with van der Waals surface area (Å²) >= 11 is 0. The van der Waals surface area contributed by atoms with Gasteiger partial charge in [-0.1, -0.05) is 84.0 Å². The first kappa shape index (κ1) is 21.2. The zero-order valence-electron chi connectivity index (χ0n) is 20.1. The van der Waals surface area contributed by atoms with Gasteiger partial charge in [-0.05, 0) is 51.3 Å². The van der Waals surface area contributed by atoms with Crippen LogP contribution in [0.4, 0.5) is 4.39 Å². The van der Waals surface area contributed by atoms with Crippen molar-refractivity contribution in [2.45, 2.75) is 0 Å². The lowest BCUT2D eigenvalue weighted by Crippen LogP contribution is -2.52. The largest absolute Gasteiger partial charge is 0.496 e. The maximum Gasteiger partial charge on any atom is 0.134 e. The molecule has 1 aromatic heterocycles. The lowest BCUT2D eigenvalue weighted by molar-refractivity contribution is 0.417. The summed E-state index contributed by atoms with van der Waals surface area (Å²) < 4.78 is 23.2. The second kappa shape index (κ2) is 7.94.